The molecule has 68 valence electrons. The lowest BCUT2D eigenvalue weighted by Crippen LogP contribution is -1.94. The summed E-state index contributed by atoms with van der Waals surface area (Å²) in [5.41, 5.74) is 2.40. The number of hydrogen-bond acceptors (Lipinski definition) is 1. The molecule has 1 aromatic rings. The van der Waals surface area contributed by atoms with Crippen molar-refractivity contribution in [3.63, 3.8) is 0 Å². The highest BCUT2D eigenvalue weighted by Crippen LogP contribution is 2.25. The van der Waals surface area contributed by atoms with Gasteiger partial charge >= 0.3 is 0 Å². The third-order valence-corrected chi connectivity index (χ3v) is 2.55. The first-order chi connectivity index (χ1) is 6.36. The molecule has 0 aromatic carbocycles. The van der Waals surface area contributed by atoms with Crippen molar-refractivity contribution in [2.24, 2.45) is 0 Å². The standard InChI is InChI=1S/C11H12ClN/c12-11-8-4-7-10(13-11)9-5-2-1-3-6-9/h4-5,7-8H,1-3,6H2. The maximum Gasteiger partial charge on any atom is 0.129 e. The van der Waals surface area contributed by atoms with E-state index in [0.29, 0.717) is 5.15 Å². The lowest BCUT2D eigenvalue weighted by Gasteiger charge is -2.11. The van der Waals surface area contributed by atoms with Crippen LogP contribution in [0.15, 0.2) is 24.3 Å². The lowest BCUT2D eigenvalue weighted by molar-refractivity contribution is 0.740. The van der Waals surface area contributed by atoms with Crippen LogP contribution in [0.5, 0.6) is 0 Å². The highest BCUT2D eigenvalue weighted by atomic mass is 35.5. The Morgan fingerprint density at radius 3 is 2.85 bits per heavy atom. The van der Waals surface area contributed by atoms with Crippen LogP contribution in [0, 0.1) is 0 Å². The lowest BCUT2D eigenvalue weighted by atomic mass is 9.97. The Labute approximate surface area is 83.4 Å². The molecule has 1 nitrogen and oxygen atoms in total. The number of allylic oxidation sites excluding steroid dienone is 2. The van der Waals surface area contributed by atoms with Gasteiger partial charge in [0.25, 0.3) is 0 Å². The summed E-state index contributed by atoms with van der Waals surface area (Å²) in [6, 6.07) is 5.80. The second-order valence-electron chi connectivity index (χ2n) is 3.32. The summed E-state index contributed by atoms with van der Waals surface area (Å²) in [5.74, 6) is 0. The quantitative estimate of drug-likeness (QED) is 0.620. The van der Waals surface area contributed by atoms with Gasteiger partial charge in [0, 0.05) is 0 Å². The summed E-state index contributed by atoms with van der Waals surface area (Å²) in [7, 11) is 0. The zero-order valence-corrected chi connectivity index (χ0v) is 8.22. The van der Waals surface area contributed by atoms with Crippen LogP contribution in [0.4, 0.5) is 0 Å². The molecule has 0 saturated heterocycles. The van der Waals surface area contributed by atoms with Crippen molar-refractivity contribution < 1.29 is 0 Å². The number of pyridine rings is 1. The molecule has 0 unspecified atom stereocenters. The fraction of sp³-hybridized carbons (Fsp3) is 0.364. The van der Waals surface area contributed by atoms with Gasteiger partial charge in [0.05, 0.1) is 5.69 Å². The molecule has 2 heteroatoms. The Balaban J connectivity index is 2.29. The molecule has 0 bridgehead atoms. The molecule has 0 N–H and O–H groups in total. The molecule has 0 fully saturated rings. The van der Waals surface area contributed by atoms with Crippen LogP contribution < -0.4 is 0 Å². The number of halogens is 1. The fourth-order valence-electron chi connectivity index (χ4n) is 1.66. The summed E-state index contributed by atoms with van der Waals surface area (Å²) in [6.45, 7) is 0. The van der Waals surface area contributed by atoms with Gasteiger partial charge in [-0.25, -0.2) is 4.98 Å². The maximum atomic E-state index is 5.83. The third kappa shape index (κ3) is 2.10. The topological polar surface area (TPSA) is 12.9 Å². The van der Waals surface area contributed by atoms with Gasteiger partial charge in [-0.3, -0.25) is 0 Å². The van der Waals surface area contributed by atoms with Crippen LogP contribution in [0.1, 0.15) is 31.4 Å². The molecular formula is C11H12ClN. The van der Waals surface area contributed by atoms with E-state index in [-0.39, 0.29) is 0 Å². The molecule has 0 amide bonds. The van der Waals surface area contributed by atoms with E-state index in [1.54, 1.807) is 0 Å². The molecule has 0 atom stereocenters. The smallest absolute Gasteiger partial charge is 0.129 e. The molecule has 1 aromatic heterocycles. The second kappa shape index (κ2) is 3.93. The molecule has 1 heterocycles. The van der Waals surface area contributed by atoms with Crippen molar-refractivity contribution in [3.05, 3.63) is 35.1 Å². The second-order valence-corrected chi connectivity index (χ2v) is 3.71. The number of rotatable bonds is 1. The van der Waals surface area contributed by atoms with Crippen molar-refractivity contribution >= 4 is 17.2 Å². The van der Waals surface area contributed by atoms with Crippen LogP contribution in [-0.2, 0) is 0 Å². The van der Waals surface area contributed by atoms with E-state index in [2.05, 4.69) is 11.1 Å². The zero-order chi connectivity index (χ0) is 9.10. The van der Waals surface area contributed by atoms with E-state index in [9.17, 15) is 0 Å². The van der Waals surface area contributed by atoms with E-state index in [4.69, 9.17) is 11.6 Å². The number of aromatic nitrogens is 1. The van der Waals surface area contributed by atoms with Crippen LogP contribution in [0.2, 0.25) is 5.15 Å². The number of nitrogens with zero attached hydrogens (tertiary/aromatic N) is 1. The highest BCUT2D eigenvalue weighted by molar-refractivity contribution is 6.29. The minimum absolute atomic E-state index is 0.587. The molecule has 2 rings (SSSR count). The maximum absolute atomic E-state index is 5.83. The summed E-state index contributed by atoms with van der Waals surface area (Å²) in [4.78, 5) is 4.29. The van der Waals surface area contributed by atoms with Gasteiger partial charge in [-0.1, -0.05) is 23.7 Å². The average molecular weight is 194 g/mol. The summed E-state index contributed by atoms with van der Waals surface area (Å²) < 4.78 is 0. The van der Waals surface area contributed by atoms with E-state index < -0.39 is 0 Å². The average Bonchev–Trinajstić information content (AvgIpc) is 2.19. The molecule has 1 aliphatic rings. The van der Waals surface area contributed by atoms with Crippen LogP contribution >= 0.6 is 11.6 Å². The summed E-state index contributed by atoms with van der Waals surface area (Å²) >= 11 is 5.83. The van der Waals surface area contributed by atoms with Gasteiger partial charge in [0.15, 0.2) is 0 Å². The normalized spacial score (nSPS) is 16.8. The largest absolute Gasteiger partial charge is 0.236 e. The van der Waals surface area contributed by atoms with Gasteiger partial charge in [0.2, 0.25) is 0 Å². The van der Waals surface area contributed by atoms with Gasteiger partial charge < -0.3 is 0 Å². The van der Waals surface area contributed by atoms with Crippen LogP contribution in [0.3, 0.4) is 0 Å². The third-order valence-electron chi connectivity index (χ3n) is 2.34. The fourth-order valence-corrected chi connectivity index (χ4v) is 1.82. The van der Waals surface area contributed by atoms with E-state index >= 15 is 0 Å². The van der Waals surface area contributed by atoms with Crippen molar-refractivity contribution in [3.8, 4) is 0 Å². The monoisotopic (exact) mass is 193 g/mol. The van der Waals surface area contributed by atoms with Gasteiger partial charge in [0.1, 0.15) is 5.15 Å². The molecule has 13 heavy (non-hydrogen) atoms. The molecule has 0 spiro atoms. The van der Waals surface area contributed by atoms with Crippen molar-refractivity contribution in [2.45, 2.75) is 25.7 Å². The predicted molar refractivity (Wildman–Crippen MR) is 55.7 cm³/mol. The Morgan fingerprint density at radius 2 is 2.15 bits per heavy atom. The van der Waals surface area contributed by atoms with E-state index in [1.165, 1.54) is 24.8 Å². The molecular weight excluding hydrogens is 182 g/mol. The summed E-state index contributed by atoms with van der Waals surface area (Å²) in [6.07, 6.45) is 7.20. The van der Waals surface area contributed by atoms with E-state index in [1.807, 2.05) is 18.2 Å². The first-order valence-electron chi connectivity index (χ1n) is 4.68. The predicted octanol–water partition coefficient (Wildman–Crippen LogP) is 3.69. The first kappa shape index (κ1) is 8.76. The van der Waals surface area contributed by atoms with Crippen molar-refractivity contribution in [2.75, 3.05) is 0 Å². The minimum Gasteiger partial charge on any atom is -0.236 e. The Hall–Kier alpha value is -0.820. The Morgan fingerprint density at radius 1 is 1.23 bits per heavy atom. The highest BCUT2D eigenvalue weighted by Gasteiger charge is 2.06. The SMILES string of the molecule is Clc1cccc(C2=CCCCC2)n1. The van der Waals surface area contributed by atoms with E-state index in [0.717, 1.165) is 12.1 Å². The van der Waals surface area contributed by atoms with Gasteiger partial charge in [-0.2, -0.15) is 0 Å². The zero-order valence-electron chi connectivity index (χ0n) is 7.46. The molecule has 0 radical (unpaired) electrons. The molecule has 0 saturated carbocycles. The van der Waals surface area contributed by atoms with Crippen molar-refractivity contribution in [1.82, 2.24) is 4.98 Å². The molecule has 1 aliphatic carbocycles. The number of hydrogen-bond donors (Lipinski definition) is 0. The Kier molecular flexibility index (Phi) is 2.65. The molecule has 0 aliphatic heterocycles. The van der Waals surface area contributed by atoms with Crippen LogP contribution in [0.25, 0.3) is 5.57 Å². The van der Waals surface area contributed by atoms with Gasteiger partial charge in [-0.15, -0.1) is 0 Å². The van der Waals surface area contributed by atoms with Crippen LogP contribution in [-0.4, -0.2) is 4.98 Å². The van der Waals surface area contributed by atoms with Gasteiger partial charge in [-0.05, 0) is 43.4 Å². The summed E-state index contributed by atoms with van der Waals surface area (Å²) in [5, 5.41) is 0.587. The first-order valence-corrected chi connectivity index (χ1v) is 5.06. The van der Waals surface area contributed by atoms with Crippen molar-refractivity contribution in [1.29, 1.82) is 0 Å². The Bertz CT molecular complexity index is 331. The minimum atomic E-state index is 0.587.